The van der Waals surface area contributed by atoms with E-state index in [9.17, 15) is 9.59 Å². The summed E-state index contributed by atoms with van der Waals surface area (Å²) in [4.78, 5) is 24.3. The third-order valence-electron chi connectivity index (χ3n) is 2.41. The van der Waals surface area contributed by atoms with Crippen molar-refractivity contribution in [2.45, 2.75) is 0 Å². The van der Waals surface area contributed by atoms with Crippen molar-refractivity contribution in [2.75, 3.05) is 25.0 Å². The first-order valence-electron chi connectivity index (χ1n) is 5.76. The zero-order chi connectivity index (χ0) is 14.3. The molecule has 1 aromatic rings. The fraction of sp³-hybridized carbons (Fsp3) is 0.231. The van der Waals surface area contributed by atoms with Crippen LogP contribution < -0.4 is 11.1 Å². The molecule has 0 bridgehead atoms. The Labute approximate surface area is 111 Å². The van der Waals surface area contributed by atoms with E-state index in [0.717, 1.165) is 0 Å². The number of benzene rings is 1. The van der Waals surface area contributed by atoms with Crippen molar-refractivity contribution in [3.63, 3.8) is 0 Å². The molecule has 0 heterocycles. The molecular weight excluding hydrogens is 246 g/mol. The molecule has 0 aromatic heterocycles. The smallest absolute Gasteiger partial charge is 0.316 e. The number of nitrogens with one attached hydrogen (secondary N) is 1. The Bertz CT molecular complexity index is 457. The second kappa shape index (κ2) is 7.17. The van der Waals surface area contributed by atoms with Gasteiger partial charge in [0.25, 0.3) is 5.91 Å². The van der Waals surface area contributed by atoms with Crippen LogP contribution in [-0.2, 0) is 0 Å². The third kappa shape index (κ3) is 4.44. The Hall–Kier alpha value is -2.34. The van der Waals surface area contributed by atoms with Crippen LogP contribution in [0.1, 0.15) is 10.4 Å². The molecule has 0 aliphatic rings. The quantitative estimate of drug-likeness (QED) is 0.662. The topological polar surface area (TPSA) is 95.7 Å². The van der Waals surface area contributed by atoms with Crippen molar-refractivity contribution < 1.29 is 14.7 Å². The number of anilines is 1. The zero-order valence-electron chi connectivity index (χ0n) is 10.5. The van der Waals surface area contributed by atoms with Crippen LogP contribution in [0.25, 0.3) is 0 Å². The van der Waals surface area contributed by atoms with Gasteiger partial charge in [0.15, 0.2) is 0 Å². The molecule has 0 aliphatic carbocycles. The molecule has 102 valence electrons. The Morgan fingerprint density at radius 1 is 1.37 bits per heavy atom. The number of rotatable bonds is 6. The molecule has 0 aliphatic heterocycles. The van der Waals surface area contributed by atoms with Gasteiger partial charge in [-0.2, -0.15) is 0 Å². The molecule has 1 rings (SSSR count). The monoisotopic (exact) mass is 263 g/mol. The number of aliphatic hydroxyl groups excluding tert-OH is 1. The largest absolute Gasteiger partial charge is 0.395 e. The Morgan fingerprint density at radius 3 is 2.47 bits per heavy atom. The molecule has 1 aromatic carbocycles. The van der Waals surface area contributed by atoms with Crippen LogP contribution in [0.3, 0.4) is 0 Å². The predicted octanol–water partition coefficient (Wildman–Crippen LogP) is 0.798. The maximum absolute atomic E-state index is 12.1. The van der Waals surface area contributed by atoms with E-state index in [4.69, 9.17) is 10.8 Å². The molecule has 0 unspecified atom stereocenters. The lowest BCUT2D eigenvalue weighted by molar-refractivity contribution is 0.0743. The standard InChI is InChI=1S/C13H17N3O3/c1-2-7-16(8-9-17)12(18)10-3-5-11(6-4-10)15-13(14)19/h2-6,17H,1,7-9H2,(H3,14,15,19). The number of hydrogen-bond acceptors (Lipinski definition) is 3. The summed E-state index contributed by atoms with van der Waals surface area (Å²) in [7, 11) is 0. The van der Waals surface area contributed by atoms with Crippen LogP contribution in [0.5, 0.6) is 0 Å². The number of aliphatic hydroxyl groups is 1. The van der Waals surface area contributed by atoms with Gasteiger partial charge < -0.3 is 21.1 Å². The summed E-state index contributed by atoms with van der Waals surface area (Å²) in [5.41, 5.74) is 5.96. The first-order valence-corrected chi connectivity index (χ1v) is 5.76. The van der Waals surface area contributed by atoms with Crippen molar-refractivity contribution in [1.29, 1.82) is 0 Å². The summed E-state index contributed by atoms with van der Waals surface area (Å²) in [6, 6.07) is 5.68. The lowest BCUT2D eigenvalue weighted by Gasteiger charge is -2.20. The number of urea groups is 1. The molecule has 19 heavy (non-hydrogen) atoms. The highest BCUT2D eigenvalue weighted by Gasteiger charge is 2.13. The molecule has 0 saturated carbocycles. The van der Waals surface area contributed by atoms with E-state index in [1.54, 1.807) is 30.3 Å². The van der Waals surface area contributed by atoms with Gasteiger partial charge in [-0.1, -0.05) is 6.08 Å². The lowest BCUT2D eigenvalue weighted by Crippen LogP contribution is -2.33. The molecular formula is C13H17N3O3. The van der Waals surface area contributed by atoms with E-state index >= 15 is 0 Å². The van der Waals surface area contributed by atoms with Crippen molar-refractivity contribution >= 4 is 17.6 Å². The van der Waals surface area contributed by atoms with Crippen molar-refractivity contribution in [3.8, 4) is 0 Å². The number of carbonyl (C=O) groups is 2. The Morgan fingerprint density at radius 2 is 2.00 bits per heavy atom. The van der Waals surface area contributed by atoms with Gasteiger partial charge in [0, 0.05) is 24.3 Å². The molecule has 6 heteroatoms. The molecule has 0 spiro atoms. The average Bonchev–Trinajstić information content (AvgIpc) is 2.38. The maximum atomic E-state index is 12.1. The number of nitrogens with two attached hydrogens (primary N) is 1. The molecule has 0 saturated heterocycles. The van der Waals surface area contributed by atoms with E-state index in [2.05, 4.69) is 11.9 Å². The van der Waals surface area contributed by atoms with Gasteiger partial charge in [-0.05, 0) is 24.3 Å². The number of primary amides is 1. The van der Waals surface area contributed by atoms with E-state index in [1.165, 1.54) is 4.90 Å². The van der Waals surface area contributed by atoms with E-state index < -0.39 is 6.03 Å². The lowest BCUT2D eigenvalue weighted by atomic mass is 10.1. The first-order chi connectivity index (χ1) is 9.08. The average molecular weight is 263 g/mol. The number of nitrogens with zero attached hydrogens (tertiary/aromatic N) is 1. The normalized spacial score (nSPS) is 9.74. The number of carbonyl (C=O) groups excluding carboxylic acids is 2. The molecule has 0 atom stereocenters. The van der Waals surface area contributed by atoms with Crippen LogP contribution in [0.4, 0.5) is 10.5 Å². The zero-order valence-corrected chi connectivity index (χ0v) is 10.5. The van der Waals surface area contributed by atoms with Crippen LogP contribution >= 0.6 is 0 Å². The van der Waals surface area contributed by atoms with Gasteiger partial charge in [0.2, 0.25) is 0 Å². The minimum Gasteiger partial charge on any atom is -0.395 e. The summed E-state index contributed by atoms with van der Waals surface area (Å²) in [5.74, 6) is -0.209. The molecule has 0 fully saturated rings. The maximum Gasteiger partial charge on any atom is 0.316 e. The van der Waals surface area contributed by atoms with Crippen molar-refractivity contribution in [3.05, 3.63) is 42.5 Å². The minimum absolute atomic E-state index is 0.110. The first kappa shape index (κ1) is 14.7. The number of hydrogen-bond donors (Lipinski definition) is 3. The van der Waals surface area contributed by atoms with Gasteiger partial charge in [-0.3, -0.25) is 4.79 Å². The second-order valence-electron chi connectivity index (χ2n) is 3.83. The fourth-order valence-electron chi connectivity index (χ4n) is 1.57. The molecule has 0 radical (unpaired) electrons. The van der Waals surface area contributed by atoms with Crippen molar-refractivity contribution in [2.24, 2.45) is 5.73 Å². The van der Waals surface area contributed by atoms with Crippen LogP contribution in [0, 0.1) is 0 Å². The second-order valence-corrected chi connectivity index (χ2v) is 3.83. The highest BCUT2D eigenvalue weighted by Crippen LogP contribution is 2.11. The summed E-state index contributed by atoms with van der Waals surface area (Å²) in [6.07, 6.45) is 1.59. The highest BCUT2D eigenvalue weighted by atomic mass is 16.3. The Balaban J connectivity index is 2.80. The van der Waals surface area contributed by atoms with Gasteiger partial charge in [0.1, 0.15) is 0 Å². The minimum atomic E-state index is -0.660. The van der Waals surface area contributed by atoms with Gasteiger partial charge in [-0.15, -0.1) is 6.58 Å². The number of amides is 3. The van der Waals surface area contributed by atoms with Gasteiger partial charge in [-0.25, -0.2) is 4.79 Å². The summed E-state index contributed by atoms with van der Waals surface area (Å²) >= 11 is 0. The predicted molar refractivity (Wildman–Crippen MR) is 72.8 cm³/mol. The van der Waals surface area contributed by atoms with Crippen LogP contribution in [-0.4, -0.2) is 41.6 Å². The van der Waals surface area contributed by atoms with Gasteiger partial charge >= 0.3 is 6.03 Å². The SMILES string of the molecule is C=CCN(CCO)C(=O)c1ccc(NC(N)=O)cc1. The van der Waals surface area contributed by atoms with Crippen molar-refractivity contribution in [1.82, 2.24) is 4.90 Å². The van der Waals surface area contributed by atoms with Gasteiger partial charge in [0.05, 0.1) is 6.61 Å². The summed E-state index contributed by atoms with van der Waals surface area (Å²) < 4.78 is 0. The van der Waals surface area contributed by atoms with E-state index in [0.29, 0.717) is 17.8 Å². The van der Waals surface area contributed by atoms with Crippen LogP contribution in [0.2, 0.25) is 0 Å². The third-order valence-corrected chi connectivity index (χ3v) is 2.41. The van der Waals surface area contributed by atoms with E-state index in [1.807, 2.05) is 0 Å². The summed E-state index contributed by atoms with van der Waals surface area (Å²) in [5, 5.41) is 11.3. The molecule has 4 N–H and O–H groups in total. The molecule has 6 nitrogen and oxygen atoms in total. The van der Waals surface area contributed by atoms with Crippen LogP contribution in [0.15, 0.2) is 36.9 Å². The van der Waals surface area contributed by atoms with E-state index in [-0.39, 0.29) is 19.1 Å². The summed E-state index contributed by atoms with van der Waals surface area (Å²) in [6.45, 7) is 4.06. The molecule has 3 amide bonds. The highest BCUT2D eigenvalue weighted by molar-refractivity contribution is 5.95. The Kier molecular flexibility index (Phi) is 5.56. The fourth-order valence-corrected chi connectivity index (χ4v) is 1.57.